The van der Waals surface area contributed by atoms with Gasteiger partial charge in [-0.1, -0.05) is 6.07 Å². The summed E-state index contributed by atoms with van der Waals surface area (Å²) in [4.78, 5) is 27.3. The number of piperidine rings is 1. The Labute approximate surface area is 107 Å². The lowest BCUT2D eigenvalue weighted by atomic mass is 10.1. The van der Waals surface area contributed by atoms with E-state index in [0.29, 0.717) is 23.3 Å². The van der Waals surface area contributed by atoms with Gasteiger partial charge in [0.25, 0.3) is 5.91 Å². The SMILES string of the molecule is O=C(NC1CCCNC1=O)c1cccc(Br)n1. The van der Waals surface area contributed by atoms with Gasteiger partial charge in [0.1, 0.15) is 16.3 Å². The average Bonchev–Trinajstić information content (AvgIpc) is 2.32. The maximum Gasteiger partial charge on any atom is 0.270 e. The van der Waals surface area contributed by atoms with E-state index in [-0.39, 0.29) is 11.8 Å². The molecule has 1 saturated heterocycles. The van der Waals surface area contributed by atoms with Crippen molar-refractivity contribution in [2.24, 2.45) is 0 Å². The van der Waals surface area contributed by atoms with E-state index in [9.17, 15) is 9.59 Å². The topological polar surface area (TPSA) is 71.1 Å². The van der Waals surface area contributed by atoms with E-state index >= 15 is 0 Å². The molecule has 0 spiro atoms. The molecule has 1 aliphatic rings. The van der Waals surface area contributed by atoms with E-state index in [2.05, 4.69) is 31.5 Å². The first-order valence-corrected chi connectivity index (χ1v) is 6.17. The number of pyridine rings is 1. The second-order valence-electron chi connectivity index (χ2n) is 3.80. The Balaban J connectivity index is 2.03. The van der Waals surface area contributed by atoms with Crippen molar-refractivity contribution in [1.82, 2.24) is 15.6 Å². The van der Waals surface area contributed by atoms with E-state index < -0.39 is 6.04 Å². The number of hydrogen-bond donors (Lipinski definition) is 2. The molecule has 2 amide bonds. The molecule has 1 aromatic rings. The first-order valence-electron chi connectivity index (χ1n) is 5.38. The zero-order valence-corrected chi connectivity index (χ0v) is 10.7. The van der Waals surface area contributed by atoms with Crippen molar-refractivity contribution in [1.29, 1.82) is 0 Å². The van der Waals surface area contributed by atoms with Crippen molar-refractivity contribution in [2.45, 2.75) is 18.9 Å². The molecule has 0 aromatic carbocycles. The number of halogens is 1. The number of nitrogens with one attached hydrogen (secondary N) is 2. The highest BCUT2D eigenvalue weighted by atomic mass is 79.9. The molecular formula is C11H12BrN3O2. The molecule has 1 aliphatic heterocycles. The van der Waals surface area contributed by atoms with Gasteiger partial charge < -0.3 is 10.6 Å². The van der Waals surface area contributed by atoms with Crippen molar-refractivity contribution >= 4 is 27.7 Å². The molecule has 1 unspecified atom stereocenters. The second-order valence-corrected chi connectivity index (χ2v) is 4.62. The maximum atomic E-state index is 11.8. The van der Waals surface area contributed by atoms with Gasteiger partial charge >= 0.3 is 0 Å². The van der Waals surface area contributed by atoms with Gasteiger partial charge in [0.2, 0.25) is 5.91 Å². The fourth-order valence-corrected chi connectivity index (χ4v) is 2.02. The third-order valence-electron chi connectivity index (χ3n) is 2.54. The number of amides is 2. The van der Waals surface area contributed by atoms with E-state index in [4.69, 9.17) is 0 Å². The molecule has 90 valence electrons. The summed E-state index contributed by atoms with van der Waals surface area (Å²) in [6.07, 6.45) is 1.55. The minimum Gasteiger partial charge on any atom is -0.354 e. The predicted octanol–water partition coefficient (Wildman–Crippen LogP) is 0.852. The van der Waals surface area contributed by atoms with Crippen LogP contribution in [-0.2, 0) is 4.79 Å². The van der Waals surface area contributed by atoms with Crippen LogP contribution in [0.1, 0.15) is 23.3 Å². The minimum absolute atomic E-state index is 0.125. The van der Waals surface area contributed by atoms with E-state index in [0.717, 1.165) is 6.42 Å². The Hall–Kier alpha value is -1.43. The van der Waals surface area contributed by atoms with Crippen molar-refractivity contribution in [2.75, 3.05) is 6.54 Å². The molecule has 1 aromatic heterocycles. The zero-order valence-electron chi connectivity index (χ0n) is 9.07. The molecule has 0 saturated carbocycles. The minimum atomic E-state index is -0.447. The fourth-order valence-electron chi connectivity index (χ4n) is 1.68. The third-order valence-corrected chi connectivity index (χ3v) is 2.98. The molecule has 0 bridgehead atoms. The molecule has 1 atom stereocenters. The summed E-state index contributed by atoms with van der Waals surface area (Å²) in [5, 5.41) is 5.39. The van der Waals surface area contributed by atoms with Gasteiger partial charge in [-0.2, -0.15) is 0 Å². The van der Waals surface area contributed by atoms with E-state index in [1.54, 1.807) is 18.2 Å². The number of rotatable bonds is 2. The third kappa shape index (κ3) is 3.03. The molecular weight excluding hydrogens is 286 g/mol. The Morgan fingerprint density at radius 2 is 2.35 bits per heavy atom. The first kappa shape index (κ1) is 12.0. The lowest BCUT2D eigenvalue weighted by molar-refractivity contribution is -0.124. The highest BCUT2D eigenvalue weighted by molar-refractivity contribution is 9.10. The van der Waals surface area contributed by atoms with Gasteiger partial charge in [-0.15, -0.1) is 0 Å². The van der Waals surface area contributed by atoms with Gasteiger partial charge in [0.15, 0.2) is 0 Å². The van der Waals surface area contributed by atoms with Crippen LogP contribution in [0.4, 0.5) is 0 Å². The standard InChI is InChI=1S/C11H12BrN3O2/c12-9-5-1-3-8(14-9)11(17)15-7-4-2-6-13-10(7)16/h1,3,5,7H,2,4,6H2,(H,13,16)(H,15,17). The van der Waals surface area contributed by atoms with Crippen LogP contribution >= 0.6 is 15.9 Å². The Morgan fingerprint density at radius 1 is 1.53 bits per heavy atom. The summed E-state index contributed by atoms with van der Waals surface area (Å²) in [5.41, 5.74) is 0.303. The van der Waals surface area contributed by atoms with Crippen molar-refractivity contribution in [3.8, 4) is 0 Å². The molecule has 2 rings (SSSR count). The largest absolute Gasteiger partial charge is 0.354 e. The van der Waals surface area contributed by atoms with E-state index in [1.807, 2.05) is 0 Å². The fraction of sp³-hybridized carbons (Fsp3) is 0.364. The molecule has 5 nitrogen and oxygen atoms in total. The Bertz CT molecular complexity index is 450. The van der Waals surface area contributed by atoms with Gasteiger partial charge in [0, 0.05) is 6.54 Å². The molecule has 0 aliphatic carbocycles. The van der Waals surface area contributed by atoms with Crippen LogP contribution in [-0.4, -0.2) is 29.4 Å². The monoisotopic (exact) mass is 297 g/mol. The van der Waals surface area contributed by atoms with Gasteiger partial charge in [0.05, 0.1) is 0 Å². The van der Waals surface area contributed by atoms with Crippen LogP contribution in [0.5, 0.6) is 0 Å². The summed E-state index contributed by atoms with van der Waals surface area (Å²) >= 11 is 3.20. The smallest absolute Gasteiger partial charge is 0.270 e. The summed E-state index contributed by atoms with van der Waals surface area (Å²) in [6.45, 7) is 0.681. The first-order chi connectivity index (χ1) is 8.16. The van der Waals surface area contributed by atoms with Crippen LogP contribution in [0.3, 0.4) is 0 Å². The number of hydrogen-bond acceptors (Lipinski definition) is 3. The molecule has 1 fully saturated rings. The number of carbonyl (C=O) groups is 2. The van der Waals surface area contributed by atoms with Crippen LogP contribution < -0.4 is 10.6 Å². The molecule has 2 N–H and O–H groups in total. The van der Waals surface area contributed by atoms with Gasteiger partial charge in [-0.05, 0) is 40.9 Å². The molecule has 0 radical (unpaired) electrons. The predicted molar refractivity (Wildman–Crippen MR) is 65.4 cm³/mol. The highest BCUT2D eigenvalue weighted by Gasteiger charge is 2.24. The van der Waals surface area contributed by atoms with Crippen molar-refractivity contribution in [3.63, 3.8) is 0 Å². The van der Waals surface area contributed by atoms with Gasteiger partial charge in [-0.25, -0.2) is 4.98 Å². The van der Waals surface area contributed by atoms with Crippen LogP contribution in [0, 0.1) is 0 Å². The number of aromatic nitrogens is 1. The summed E-state index contributed by atoms with van der Waals surface area (Å²) in [7, 11) is 0. The maximum absolute atomic E-state index is 11.8. The van der Waals surface area contributed by atoms with Crippen LogP contribution in [0.2, 0.25) is 0 Å². The Kier molecular flexibility index (Phi) is 3.73. The normalized spacial score (nSPS) is 19.6. The number of carbonyl (C=O) groups excluding carboxylic acids is 2. The lowest BCUT2D eigenvalue weighted by Gasteiger charge is -2.22. The summed E-state index contributed by atoms with van der Waals surface area (Å²) < 4.78 is 0.596. The second kappa shape index (κ2) is 5.27. The summed E-state index contributed by atoms with van der Waals surface area (Å²) in [6, 6.07) is 4.63. The summed E-state index contributed by atoms with van der Waals surface area (Å²) in [5.74, 6) is -0.451. The van der Waals surface area contributed by atoms with E-state index in [1.165, 1.54) is 0 Å². The zero-order chi connectivity index (χ0) is 12.3. The highest BCUT2D eigenvalue weighted by Crippen LogP contribution is 2.08. The quantitative estimate of drug-likeness (QED) is 0.795. The number of nitrogens with zero attached hydrogens (tertiary/aromatic N) is 1. The van der Waals surface area contributed by atoms with Crippen LogP contribution in [0.15, 0.2) is 22.8 Å². The van der Waals surface area contributed by atoms with Gasteiger partial charge in [-0.3, -0.25) is 9.59 Å². The molecule has 17 heavy (non-hydrogen) atoms. The van der Waals surface area contributed by atoms with Crippen LogP contribution in [0.25, 0.3) is 0 Å². The lowest BCUT2D eigenvalue weighted by Crippen LogP contribution is -2.50. The van der Waals surface area contributed by atoms with Crippen molar-refractivity contribution in [3.05, 3.63) is 28.5 Å². The Morgan fingerprint density at radius 3 is 3.06 bits per heavy atom. The molecule has 2 heterocycles. The molecule has 6 heteroatoms. The average molecular weight is 298 g/mol. The van der Waals surface area contributed by atoms with Crippen molar-refractivity contribution < 1.29 is 9.59 Å².